The second-order valence-corrected chi connectivity index (χ2v) is 13.7. The van der Waals surface area contributed by atoms with Crippen LogP contribution in [-0.2, 0) is 30.9 Å². The molecular weight excluding hydrogens is 731 g/mol. The molecule has 0 spiro atoms. The molecule has 1 fully saturated rings. The van der Waals surface area contributed by atoms with Gasteiger partial charge in [-0.3, -0.25) is 19.3 Å². The molecule has 4 N–H and O–H groups in total. The van der Waals surface area contributed by atoms with Gasteiger partial charge < -0.3 is 35.0 Å². The van der Waals surface area contributed by atoms with E-state index in [4.69, 9.17) is 20.2 Å². The predicted molar refractivity (Wildman–Crippen MR) is 213 cm³/mol. The number of anilines is 2. The standard InChI is InChI=1S/C39H47N13O5/c1-5-51-31(21-25(3)46-51)44-38(54)36-43-29-23-27(34(40)53)24-30(57-18-10-13-48-16-19-56-20-17-48)33(29)49(36)14-7-8-15-50-35-28(11-9-12-41-35)42-37(50)39(55)45-32-22-26(4)47-52(32)6-2/h7-9,11-12,21-24H,5-6,10,13-20H2,1-4H3,(H2,40,53)(H,44,54)(H,45,55)/b8-7+. The number of aromatic nitrogens is 9. The van der Waals surface area contributed by atoms with Crippen molar-refractivity contribution in [2.75, 3.05) is 50.1 Å². The van der Waals surface area contributed by atoms with E-state index in [1.54, 1.807) is 61.1 Å². The minimum atomic E-state index is -0.645. The molecule has 0 radical (unpaired) electrons. The fourth-order valence-electron chi connectivity index (χ4n) is 6.91. The van der Waals surface area contributed by atoms with Gasteiger partial charge in [0.15, 0.2) is 5.65 Å². The number of ether oxygens (including phenoxy) is 2. The van der Waals surface area contributed by atoms with Crippen LogP contribution in [0.15, 0.2) is 54.7 Å². The first-order valence-corrected chi connectivity index (χ1v) is 19.1. The molecule has 1 saturated heterocycles. The number of pyridine rings is 1. The summed E-state index contributed by atoms with van der Waals surface area (Å²) in [5.41, 5.74) is 9.50. The Kier molecular flexibility index (Phi) is 11.7. The molecular formula is C39H47N13O5. The van der Waals surface area contributed by atoms with Crippen LogP contribution < -0.4 is 21.1 Å². The first-order chi connectivity index (χ1) is 27.6. The molecule has 57 heavy (non-hydrogen) atoms. The Labute approximate surface area is 328 Å². The average Bonchev–Trinajstić information content (AvgIpc) is 3.97. The topological polar surface area (TPSA) is 207 Å². The number of benzene rings is 1. The summed E-state index contributed by atoms with van der Waals surface area (Å²) >= 11 is 0. The summed E-state index contributed by atoms with van der Waals surface area (Å²) in [4.78, 5) is 56.4. The number of hydrogen-bond donors (Lipinski definition) is 3. The van der Waals surface area contributed by atoms with Gasteiger partial charge in [0.2, 0.25) is 17.6 Å². The van der Waals surface area contributed by atoms with E-state index in [0.29, 0.717) is 72.5 Å². The minimum Gasteiger partial charge on any atom is -0.491 e. The van der Waals surface area contributed by atoms with Gasteiger partial charge in [-0.1, -0.05) is 12.2 Å². The summed E-state index contributed by atoms with van der Waals surface area (Å²) < 4.78 is 18.7. The van der Waals surface area contributed by atoms with E-state index < -0.39 is 17.7 Å². The van der Waals surface area contributed by atoms with E-state index in [1.165, 1.54) is 0 Å². The van der Waals surface area contributed by atoms with Crippen LogP contribution in [-0.4, -0.2) is 106 Å². The summed E-state index contributed by atoms with van der Waals surface area (Å²) in [5, 5.41) is 14.8. The molecule has 298 valence electrons. The number of imidazole rings is 2. The number of nitrogens with one attached hydrogen (secondary N) is 2. The third kappa shape index (κ3) is 8.56. The van der Waals surface area contributed by atoms with E-state index in [9.17, 15) is 14.4 Å². The number of nitrogens with zero attached hydrogens (tertiary/aromatic N) is 10. The van der Waals surface area contributed by atoms with Crippen molar-refractivity contribution in [3.63, 3.8) is 0 Å². The van der Waals surface area contributed by atoms with Gasteiger partial charge in [-0.2, -0.15) is 10.2 Å². The second-order valence-electron chi connectivity index (χ2n) is 13.7. The molecule has 0 bridgehead atoms. The van der Waals surface area contributed by atoms with E-state index >= 15 is 0 Å². The lowest BCUT2D eigenvalue weighted by atomic mass is 10.1. The van der Waals surface area contributed by atoms with Crippen molar-refractivity contribution >= 4 is 51.6 Å². The van der Waals surface area contributed by atoms with Crippen molar-refractivity contribution in [3.05, 3.63) is 83.3 Å². The number of hydrogen-bond acceptors (Lipinski definition) is 11. The highest BCUT2D eigenvalue weighted by atomic mass is 16.5. The van der Waals surface area contributed by atoms with Crippen molar-refractivity contribution in [2.24, 2.45) is 5.73 Å². The second kappa shape index (κ2) is 17.2. The van der Waals surface area contributed by atoms with Crippen LogP contribution in [0.1, 0.15) is 63.3 Å². The molecule has 1 aliphatic heterocycles. The van der Waals surface area contributed by atoms with E-state index in [1.807, 2.05) is 39.8 Å². The van der Waals surface area contributed by atoms with Crippen molar-refractivity contribution in [1.82, 2.24) is 48.5 Å². The molecule has 18 heteroatoms. The Morgan fingerprint density at radius 3 is 2.11 bits per heavy atom. The van der Waals surface area contributed by atoms with Gasteiger partial charge in [-0.05, 0) is 58.4 Å². The van der Waals surface area contributed by atoms with Gasteiger partial charge in [0.05, 0.1) is 36.7 Å². The maximum atomic E-state index is 14.1. The summed E-state index contributed by atoms with van der Waals surface area (Å²) in [5.74, 6) is 0.211. The molecule has 5 aromatic heterocycles. The lowest BCUT2D eigenvalue weighted by Crippen LogP contribution is -2.37. The quantitative estimate of drug-likeness (QED) is 0.0952. The van der Waals surface area contributed by atoms with E-state index in [-0.39, 0.29) is 30.3 Å². The summed E-state index contributed by atoms with van der Waals surface area (Å²) in [6.45, 7) is 13.4. The van der Waals surface area contributed by atoms with Crippen LogP contribution >= 0.6 is 0 Å². The molecule has 0 atom stereocenters. The summed E-state index contributed by atoms with van der Waals surface area (Å²) in [6, 6.07) is 10.3. The highest BCUT2D eigenvalue weighted by Crippen LogP contribution is 2.30. The Morgan fingerprint density at radius 2 is 1.47 bits per heavy atom. The van der Waals surface area contributed by atoms with Crippen LogP contribution in [0, 0.1) is 13.8 Å². The zero-order valence-electron chi connectivity index (χ0n) is 32.6. The monoisotopic (exact) mass is 777 g/mol. The summed E-state index contributed by atoms with van der Waals surface area (Å²) in [7, 11) is 0. The van der Waals surface area contributed by atoms with Crippen LogP contribution in [0.3, 0.4) is 0 Å². The van der Waals surface area contributed by atoms with Crippen molar-refractivity contribution in [1.29, 1.82) is 0 Å². The fourth-order valence-corrected chi connectivity index (χ4v) is 6.91. The Morgan fingerprint density at radius 1 is 0.860 bits per heavy atom. The normalized spacial score (nSPS) is 13.5. The largest absolute Gasteiger partial charge is 0.491 e. The maximum Gasteiger partial charge on any atom is 0.292 e. The van der Waals surface area contributed by atoms with Gasteiger partial charge in [-0.25, -0.2) is 24.3 Å². The zero-order chi connectivity index (χ0) is 40.1. The van der Waals surface area contributed by atoms with Gasteiger partial charge in [0.1, 0.15) is 28.4 Å². The fraction of sp³-hybridized carbons (Fsp3) is 0.385. The number of primary amides is 1. The van der Waals surface area contributed by atoms with E-state index in [2.05, 4.69) is 35.7 Å². The van der Waals surface area contributed by atoms with Gasteiger partial charge in [0.25, 0.3) is 11.8 Å². The molecule has 0 unspecified atom stereocenters. The highest BCUT2D eigenvalue weighted by molar-refractivity contribution is 6.05. The molecule has 18 nitrogen and oxygen atoms in total. The molecule has 1 aromatic carbocycles. The summed E-state index contributed by atoms with van der Waals surface area (Å²) in [6.07, 6.45) is 6.12. The predicted octanol–water partition coefficient (Wildman–Crippen LogP) is 3.79. The number of carbonyl (C=O) groups is 3. The lowest BCUT2D eigenvalue weighted by Gasteiger charge is -2.26. The lowest BCUT2D eigenvalue weighted by molar-refractivity contribution is 0.0358. The number of amides is 3. The Hall–Kier alpha value is -6.40. The minimum absolute atomic E-state index is 0.0913. The molecule has 0 aliphatic carbocycles. The molecule has 6 aromatic rings. The number of carbonyl (C=O) groups excluding carboxylic acids is 3. The molecule has 1 aliphatic rings. The Bertz CT molecular complexity index is 2450. The van der Waals surface area contributed by atoms with Crippen molar-refractivity contribution in [2.45, 2.75) is 60.3 Å². The molecule has 6 heterocycles. The first-order valence-electron chi connectivity index (χ1n) is 19.1. The number of allylic oxidation sites excluding steroid dienone is 2. The smallest absolute Gasteiger partial charge is 0.292 e. The highest BCUT2D eigenvalue weighted by Gasteiger charge is 2.24. The zero-order valence-corrected chi connectivity index (χ0v) is 32.6. The average molecular weight is 778 g/mol. The number of morpholine rings is 1. The number of rotatable bonds is 16. The van der Waals surface area contributed by atoms with Crippen LogP contribution in [0.25, 0.3) is 22.2 Å². The SMILES string of the molecule is CCn1nc(C)cc1NC(=O)c1nc2cccnc2n1C/C=C/Cn1c(C(=O)Nc2cc(C)nn2CC)nc2cc(C(N)=O)cc(OCCCN3CCOCC3)c21. The molecule has 0 saturated carbocycles. The molecule has 7 rings (SSSR count). The Balaban J connectivity index is 1.21. The van der Waals surface area contributed by atoms with Crippen LogP contribution in [0.5, 0.6) is 5.75 Å². The van der Waals surface area contributed by atoms with Gasteiger partial charge >= 0.3 is 0 Å². The molecule has 3 amide bonds. The third-order valence-electron chi connectivity index (χ3n) is 9.61. The number of fused-ring (bicyclic) bond motifs is 2. The van der Waals surface area contributed by atoms with Gasteiger partial charge in [-0.15, -0.1) is 0 Å². The number of nitrogens with two attached hydrogens (primary N) is 1. The van der Waals surface area contributed by atoms with Crippen LogP contribution in [0.2, 0.25) is 0 Å². The number of aryl methyl sites for hydroxylation is 4. The first kappa shape index (κ1) is 38.9. The third-order valence-corrected chi connectivity index (χ3v) is 9.61. The maximum absolute atomic E-state index is 14.1. The van der Waals surface area contributed by atoms with Gasteiger partial charge in [0, 0.05) is 69.7 Å². The van der Waals surface area contributed by atoms with E-state index in [0.717, 1.165) is 37.4 Å². The van der Waals surface area contributed by atoms with Crippen molar-refractivity contribution < 1.29 is 23.9 Å². The van der Waals surface area contributed by atoms with Crippen LogP contribution in [0.4, 0.5) is 11.6 Å². The van der Waals surface area contributed by atoms with Crippen molar-refractivity contribution in [3.8, 4) is 5.75 Å².